The quantitative estimate of drug-likeness (QED) is 0.326. The molecule has 1 fully saturated rings. The van der Waals surface area contributed by atoms with Gasteiger partial charge in [-0.15, -0.1) is 11.3 Å². The van der Waals surface area contributed by atoms with Crippen LogP contribution in [0.25, 0.3) is 0 Å². The van der Waals surface area contributed by atoms with Crippen molar-refractivity contribution in [3.05, 3.63) is 101 Å². The van der Waals surface area contributed by atoms with Crippen molar-refractivity contribution in [1.82, 2.24) is 10.3 Å². The summed E-state index contributed by atoms with van der Waals surface area (Å²) in [7, 11) is 1.65. The Kier molecular flexibility index (Phi) is 5.98. The maximum absolute atomic E-state index is 6.00. The summed E-state index contributed by atoms with van der Waals surface area (Å²) in [5.74, 6) is 2.31. The normalized spacial score (nSPS) is 17.6. The molecule has 1 aliphatic heterocycles. The number of pyridine rings is 1. The molecule has 0 saturated carbocycles. The molecule has 0 aliphatic carbocycles. The average molecular weight is 474 g/mol. The van der Waals surface area contributed by atoms with E-state index in [9.17, 15) is 0 Å². The highest BCUT2D eigenvalue weighted by atomic mass is 32.1. The van der Waals surface area contributed by atoms with Crippen LogP contribution in [0.4, 0.5) is 5.69 Å². The molecule has 0 spiro atoms. The summed E-state index contributed by atoms with van der Waals surface area (Å²) in [5, 5.41) is 6.33. The second kappa shape index (κ2) is 9.21. The van der Waals surface area contributed by atoms with Crippen LogP contribution in [-0.4, -0.2) is 17.2 Å². The number of hydrogen-bond donors (Lipinski definition) is 1. The summed E-state index contributed by atoms with van der Waals surface area (Å²) in [6, 6.07) is 23.7. The molecular formula is C26H23N3O2S2. The van der Waals surface area contributed by atoms with Crippen molar-refractivity contribution in [3.63, 3.8) is 0 Å². The topological polar surface area (TPSA) is 46.6 Å². The van der Waals surface area contributed by atoms with E-state index in [0.29, 0.717) is 5.11 Å². The Morgan fingerprint density at radius 2 is 1.64 bits per heavy atom. The molecule has 7 heteroatoms. The van der Waals surface area contributed by atoms with E-state index in [4.69, 9.17) is 21.7 Å². The second-order valence-corrected chi connectivity index (χ2v) is 9.07. The number of thiophene rings is 1. The van der Waals surface area contributed by atoms with Crippen molar-refractivity contribution in [2.24, 2.45) is 0 Å². The highest BCUT2D eigenvalue weighted by molar-refractivity contribution is 7.80. The number of rotatable bonds is 6. The molecule has 5 rings (SSSR count). The summed E-state index contributed by atoms with van der Waals surface area (Å²) in [6.07, 6.45) is 1.83. The van der Waals surface area contributed by atoms with Crippen LogP contribution >= 0.6 is 23.6 Å². The fraction of sp³-hybridized carbons (Fsp3) is 0.154. The van der Waals surface area contributed by atoms with E-state index in [-0.39, 0.29) is 12.1 Å². The van der Waals surface area contributed by atoms with Crippen molar-refractivity contribution in [2.45, 2.75) is 19.0 Å². The van der Waals surface area contributed by atoms with Gasteiger partial charge in [-0.2, -0.15) is 0 Å². The number of methoxy groups -OCH3 is 1. The number of aromatic nitrogens is 1. The van der Waals surface area contributed by atoms with E-state index in [2.05, 4.69) is 33.6 Å². The number of nitrogens with one attached hydrogen (secondary N) is 1. The van der Waals surface area contributed by atoms with Gasteiger partial charge in [0.05, 0.1) is 24.9 Å². The van der Waals surface area contributed by atoms with Crippen LogP contribution in [0.3, 0.4) is 0 Å². The van der Waals surface area contributed by atoms with Gasteiger partial charge in [-0.1, -0.05) is 6.07 Å². The summed E-state index contributed by atoms with van der Waals surface area (Å²) >= 11 is 7.55. The first-order chi connectivity index (χ1) is 16.1. The number of nitrogens with zero attached hydrogens (tertiary/aromatic N) is 2. The lowest BCUT2D eigenvalue weighted by Crippen LogP contribution is -2.29. The SMILES string of the molecule is COc1ccc(Oc2ccc(N3C(=S)N[C@@H](c4ccccn4)[C@@H]3c3sccc3C)cc2)cc1. The molecule has 2 atom stereocenters. The molecule has 0 unspecified atom stereocenters. The smallest absolute Gasteiger partial charge is 0.174 e. The van der Waals surface area contributed by atoms with Crippen LogP contribution in [0.2, 0.25) is 0 Å². The molecule has 0 radical (unpaired) electrons. The lowest BCUT2D eigenvalue weighted by molar-refractivity contribution is 0.413. The van der Waals surface area contributed by atoms with Crippen molar-refractivity contribution in [2.75, 3.05) is 12.0 Å². The second-order valence-electron chi connectivity index (χ2n) is 7.74. The molecule has 4 aromatic rings. The summed E-state index contributed by atoms with van der Waals surface area (Å²) < 4.78 is 11.2. The van der Waals surface area contributed by atoms with Gasteiger partial charge < -0.3 is 19.7 Å². The van der Waals surface area contributed by atoms with Crippen LogP contribution in [0.1, 0.15) is 28.2 Å². The molecule has 2 aromatic carbocycles. The van der Waals surface area contributed by atoms with E-state index in [0.717, 1.165) is 28.6 Å². The maximum Gasteiger partial charge on any atom is 0.174 e. The van der Waals surface area contributed by atoms with Gasteiger partial charge in [-0.3, -0.25) is 4.98 Å². The summed E-state index contributed by atoms with van der Waals surface area (Å²) in [5.41, 5.74) is 3.23. The van der Waals surface area contributed by atoms with E-state index in [1.165, 1.54) is 10.4 Å². The van der Waals surface area contributed by atoms with E-state index in [1.807, 2.05) is 72.9 Å². The van der Waals surface area contributed by atoms with Crippen molar-refractivity contribution in [1.29, 1.82) is 0 Å². The average Bonchev–Trinajstić information content (AvgIpc) is 3.43. The van der Waals surface area contributed by atoms with Crippen molar-refractivity contribution in [3.8, 4) is 17.2 Å². The molecule has 1 saturated heterocycles. The minimum absolute atomic E-state index is 0.0146. The first-order valence-corrected chi connectivity index (χ1v) is 11.9. The Bertz CT molecular complexity index is 1240. The highest BCUT2D eigenvalue weighted by Gasteiger charge is 2.41. The van der Waals surface area contributed by atoms with Crippen LogP contribution in [0.15, 0.2) is 84.4 Å². The van der Waals surface area contributed by atoms with Crippen LogP contribution in [-0.2, 0) is 0 Å². The number of thiocarbonyl (C=S) groups is 1. The van der Waals surface area contributed by atoms with Gasteiger partial charge in [0.1, 0.15) is 17.2 Å². The van der Waals surface area contributed by atoms with Crippen LogP contribution in [0.5, 0.6) is 17.2 Å². The highest BCUT2D eigenvalue weighted by Crippen LogP contribution is 2.44. The predicted molar refractivity (Wildman–Crippen MR) is 136 cm³/mol. The molecule has 1 N–H and O–H groups in total. The van der Waals surface area contributed by atoms with Crippen molar-refractivity contribution < 1.29 is 9.47 Å². The van der Waals surface area contributed by atoms with Gasteiger partial charge >= 0.3 is 0 Å². The molecule has 5 nitrogen and oxygen atoms in total. The van der Waals surface area contributed by atoms with E-state index >= 15 is 0 Å². The lowest BCUT2D eigenvalue weighted by Gasteiger charge is -2.27. The molecule has 0 bridgehead atoms. The fourth-order valence-corrected chi connectivity index (χ4v) is 5.44. The van der Waals surface area contributed by atoms with E-state index in [1.54, 1.807) is 18.4 Å². The standard InChI is InChI=1S/C26H23N3O2S2/c1-17-14-16-33-25(17)24-23(22-5-3-4-15-27-22)28-26(32)29(24)18-6-8-20(9-7-18)31-21-12-10-19(30-2)11-13-21/h3-16,23-24H,1-2H3,(H,28,32)/t23-,24+/m0/s1. The minimum Gasteiger partial charge on any atom is -0.497 e. The molecular weight excluding hydrogens is 450 g/mol. The number of anilines is 1. The Balaban J connectivity index is 1.45. The zero-order valence-electron chi connectivity index (χ0n) is 18.3. The monoisotopic (exact) mass is 473 g/mol. The fourth-order valence-electron chi connectivity index (χ4n) is 4.04. The molecule has 33 heavy (non-hydrogen) atoms. The number of aryl methyl sites for hydroxylation is 1. The molecule has 2 aromatic heterocycles. The molecule has 1 aliphatic rings. The van der Waals surface area contributed by atoms with Gasteiger partial charge in [0, 0.05) is 16.8 Å². The molecule has 0 amide bonds. The third-order valence-corrected chi connectivity index (χ3v) is 7.08. The first kappa shape index (κ1) is 21.4. The number of benzene rings is 2. The first-order valence-electron chi connectivity index (χ1n) is 10.6. The Morgan fingerprint density at radius 3 is 2.24 bits per heavy atom. The van der Waals surface area contributed by atoms with E-state index < -0.39 is 0 Å². The summed E-state index contributed by atoms with van der Waals surface area (Å²) in [6.45, 7) is 2.15. The van der Waals surface area contributed by atoms with Gasteiger partial charge in [-0.05, 0) is 96.8 Å². The lowest BCUT2D eigenvalue weighted by atomic mass is 10.0. The zero-order chi connectivity index (χ0) is 22.8. The maximum atomic E-state index is 6.00. The number of hydrogen-bond acceptors (Lipinski definition) is 5. The van der Waals surface area contributed by atoms with Crippen LogP contribution in [0, 0.1) is 6.92 Å². The largest absolute Gasteiger partial charge is 0.497 e. The van der Waals surface area contributed by atoms with Gasteiger partial charge in [-0.25, -0.2) is 0 Å². The third-order valence-electron chi connectivity index (χ3n) is 5.68. The Hall–Kier alpha value is -3.42. The van der Waals surface area contributed by atoms with Crippen molar-refractivity contribution >= 4 is 34.4 Å². The third kappa shape index (κ3) is 4.29. The summed E-state index contributed by atoms with van der Waals surface area (Å²) in [4.78, 5) is 8.07. The van der Waals surface area contributed by atoms with Gasteiger partial charge in [0.2, 0.25) is 0 Å². The van der Waals surface area contributed by atoms with Crippen LogP contribution < -0.4 is 19.7 Å². The number of ether oxygens (including phenoxy) is 2. The van der Waals surface area contributed by atoms with Gasteiger partial charge in [0.15, 0.2) is 5.11 Å². The Labute approximate surface area is 202 Å². The Morgan fingerprint density at radius 1 is 0.939 bits per heavy atom. The molecule has 3 heterocycles. The predicted octanol–water partition coefficient (Wildman–Crippen LogP) is 6.43. The molecule has 166 valence electrons. The minimum atomic E-state index is -0.0359. The zero-order valence-corrected chi connectivity index (χ0v) is 19.9. The van der Waals surface area contributed by atoms with Gasteiger partial charge in [0.25, 0.3) is 0 Å².